The van der Waals surface area contributed by atoms with E-state index in [0.29, 0.717) is 38.3 Å². The fourth-order valence-corrected chi connectivity index (χ4v) is 4.58. The maximum atomic E-state index is 12.8. The lowest BCUT2D eigenvalue weighted by atomic mass is 10.2. The summed E-state index contributed by atoms with van der Waals surface area (Å²) >= 11 is 10.1. The van der Waals surface area contributed by atoms with Crippen LogP contribution in [0.5, 0.6) is 11.5 Å². The van der Waals surface area contributed by atoms with Gasteiger partial charge in [-0.05, 0) is 70.5 Å². The predicted octanol–water partition coefficient (Wildman–Crippen LogP) is 4.73. The zero-order valence-electron chi connectivity index (χ0n) is 18.6. The first-order valence-electron chi connectivity index (χ1n) is 10.2. The van der Waals surface area contributed by atoms with E-state index >= 15 is 0 Å². The topological polar surface area (TPSA) is 111 Å². The molecule has 0 radical (unpaired) electrons. The van der Waals surface area contributed by atoms with Crippen LogP contribution in [0.4, 0.5) is 10.5 Å². The number of methoxy groups -OCH3 is 1. The Kier molecular flexibility index (Phi) is 9.19. The molecule has 1 aliphatic heterocycles. The van der Waals surface area contributed by atoms with Gasteiger partial charge in [0.25, 0.3) is 11.1 Å². The van der Waals surface area contributed by atoms with Crippen LogP contribution in [0.25, 0.3) is 6.08 Å². The summed E-state index contributed by atoms with van der Waals surface area (Å²) in [5.74, 6) is -1.12. The minimum Gasteiger partial charge on any atom is -0.493 e. The van der Waals surface area contributed by atoms with Crippen molar-refractivity contribution in [3.8, 4) is 11.5 Å². The number of thioether (sulfide) groups is 1. The number of hydrogen-bond acceptors (Lipinski definition) is 8. The van der Waals surface area contributed by atoms with Gasteiger partial charge in [0.15, 0.2) is 18.1 Å². The maximum absolute atomic E-state index is 12.8. The predicted molar refractivity (Wildman–Crippen MR) is 136 cm³/mol. The monoisotopic (exact) mass is 582 g/mol. The third kappa shape index (κ3) is 6.77. The van der Waals surface area contributed by atoms with E-state index in [1.807, 2.05) is 0 Å². The van der Waals surface area contributed by atoms with Gasteiger partial charge in [-0.15, -0.1) is 0 Å². The fourth-order valence-electron chi connectivity index (χ4n) is 2.98. The zero-order valence-corrected chi connectivity index (χ0v) is 21.8. The Hall–Kier alpha value is -3.02. The first-order valence-corrected chi connectivity index (χ1v) is 12.2. The highest BCUT2D eigenvalue weighted by Crippen LogP contribution is 2.39. The Morgan fingerprint density at radius 2 is 1.97 bits per heavy atom. The van der Waals surface area contributed by atoms with Gasteiger partial charge in [-0.3, -0.25) is 19.3 Å². The Morgan fingerprint density at radius 1 is 1.23 bits per heavy atom. The van der Waals surface area contributed by atoms with Crippen molar-refractivity contribution in [3.05, 3.63) is 56.4 Å². The van der Waals surface area contributed by atoms with Crippen LogP contribution in [-0.2, 0) is 19.1 Å². The lowest BCUT2D eigenvalue weighted by Crippen LogP contribution is -2.36. The molecule has 0 unspecified atom stereocenters. The van der Waals surface area contributed by atoms with Crippen molar-refractivity contribution in [2.24, 2.45) is 0 Å². The summed E-state index contributed by atoms with van der Waals surface area (Å²) in [5, 5.41) is 2.35. The summed E-state index contributed by atoms with van der Waals surface area (Å²) in [6.07, 6.45) is 1.50. The quantitative estimate of drug-likeness (QED) is 0.333. The highest BCUT2D eigenvalue weighted by atomic mass is 79.9. The SMILES string of the molecule is CCOC(=O)COc1c(Br)cc(/C=C2/SC(=O)N(CC(=O)Nc3ccccc3Cl)C2=O)cc1OC. The summed E-state index contributed by atoms with van der Waals surface area (Å²) < 4.78 is 16.2. The second-order valence-corrected chi connectivity index (χ2v) is 9.18. The lowest BCUT2D eigenvalue weighted by Gasteiger charge is -2.13. The molecule has 9 nitrogen and oxygen atoms in total. The molecule has 1 N–H and O–H groups in total. The summed E-state index contributed by atoms with van der Waals surface area (Å²) in [5.41, 5.74) is 0.909. The number of amides is 3. The first-order chi connectivity index (χ1) is 16.7. The number of hydrogen-bond donors (Lipinski definition) is 1. The van der Waals surface area contributed by atoms with Crippen molar-refractivity contribution in [1.29, 1.82) is 0 Å². The minimum absolute atomic E-state index is 0.134. The summed E-state index contributed by atoms with van der Waals surface area (Å²) in [7, 11) is 1.42. The second kappa shape index (κ2) is 12.1. The fraction of sp³-hybridized carbons (Fsp3) is 0.217. The third-order valence-corrected chi connectivity index (χ3v) is 6.34. The zero-order chi connectivity index (χ0) is 25.5. The molecule has 1 heterocycles. The van der Waals surface area contributed by atoms with Gasteiger partial charge in [-0.1, -0.05) is 23.7 Å². The molecule has 0 saturated carbocycles. The molecule has 35 heavy (non-hydrogen) atoms. The maximum Gasteiger partial charge on any atom is 0.344 e. The van der Waals surface area contributed by atoms with Gasteiger partial charge < -0.3 is 19.5 Å². The van der Waals surface area contributed by atoms with Crippen LogP contribution in [0.1, 0.15) is 12.5 Å². The van der Waals surface area contributed by atoms with Crippen molar-refractivity contribution in [3.63, 3.8) is 0 Å². The largest absolute Gasteiger partial charge is 0.493 e. The van der Waals surface area contributed by atoms with Crippen LogP contribution in [-0.4, -0.2) is 54.8 Å². The first kappa shape index (κ1) is 26.6. The number of nitrogens with zero attached hydrogens (tertiary/aromatic N) is 1. The standard InChI is InChI=1S/C23H20BrClN2O7S/c1-3-33-20(29)12-34-21-14(24)8-13(9-17(21)32-2)10-18-22(30)27(23(31)35-18)11-19(28)26-16-7-5-4-6-15(16)25/h4-10H,3,11-12H2,1-2H3,(H,26,28)/b18-10+. The van der Waals surface area contributed by atoms with Crippen LogP contribution < -0.4 is 14.8 Å². The molecule has 1 saturated heterocycles. The van der Waals surface area contributed by atoms with E-state index in [2.05, 4.69) is 21.2 Å². The van der Waals surface area contributed by atoms with Crippen molar-refractivity contribution >= 4 is 74.1 Å². The number of halogens is 2. The molecule has 12 heteroatoms. The van der Waals surface area contributed by atoms with Gasteiger partial charge in [0.2, 0.25) is 5.91 Å². The van der Waals surface area contributed by atoms with Gasteiger partial charge in [0.05, 0.1) is 33.8 Å². The number of benzene rings is 2. The normalized spacial score (nSPS) is 14.3. The van der Waals surface area contributed by atoms with E-state index in [4.69, 9.17) is 25.8 Å². The Balaban J connectivity index is 1.73. The number of rotatable bonds is 9. The van der Waals surface area contributed by atoms with E-state index in [9.17, 15) is 19.2 Å². The molecule has 1 fully saturated rings. The number of imide groups is 1. The van der Waals surface area contributed by atoms with Crippen molar-refractivity contribution < 1.29 is 33.4 Å². The number of anilines is 1. The number of nitrogens with one attached hydrogen (secondary N) is 1. The van der Waals surface area contributed by atoms with Gasteiger partial charge in [-0.25, -0.2) is 4.79 Å². The molecule has 0 spiro atoms. The summed E-state index contributed by atoms with van der Waals surface area (Å²) in [6.45, 7) is 1.16. The van der Waals surface area contributed by atoms with Crippen LogP contribution in [0.3, 0.4) is 0 Å². The molecule has 2 aromatic carbocycles. The van der Waals surface area contributed by atoms with E-state index < -0.39 is 29.6 Å². The molecule has 0 aromatic heterocycles. The molecule has 184 valence electrons. The number of carbonyl (C=O) groups is 4. The highest BCUT2D eigenvalue weighted by molar-refractivity contribution is 9.10. The molecule has 1 aliphatic rings. The number of para-hydroxylation sites is 1. The number of carbonyl (C=O) groups excluding carboxylic acids is 4. The van der Waals surface area contributed by atoms with Crippen molar-refractivity contribution in [2.45, 2.75) is 6.92 Å². The van der Waals surface area contributed by atoms with Crippen LogP contribution in [0.2, 0.25) is 5.02 Å². The van der Waals surface area contributed by atoms with Gasteiger partial charge >= 0.3 is 5.97 Å². The Labute approximate surface area is 218 Å². The molecule has 2 aromatic rings. The summed E-state index contributed by atoms with van der Waals surface area (Å²) in [4.78, 5) is 50.2. The molecule has 3 rings (SSSR count). The van der Waals surface area contributed by atoms with E-state index in [-0.39, 0.29) is 23.9 Å². The highest BCUT2D eigenvalue weighted by Gasteiger charge is 2.36. The molecule has 0 bridgehead atoms. The van der Waals surface area contributed by atoms with Gasteiger partial charge in [-0.2, -0.15) is 0 Å². The second-order valence-electron chi connectivity index (χ2n) is 6.92. The smallest absolute Gasteiger partial charge is 0.344 e. The minimum atomic E-state index is -0.605. The van der Waals surface area contributed by atoms with Gasteiger partial charge in [0.1, 0.15) is 6.54 Å². The van der Waals surface area contributed by atoms with E-state index in [0.717, 1.165) is 4.90 Å². The van der Waals surface area contributed by atoms with Gasteiger partial charge in [0, 0.05) is 0 Å². The molecule has 0 aliphatic carbocycles. The van der Waals surface area contributed by atoms with Crippen molar-refractivity contribution in [2.75, 3.05) is 32.2 Å². The molecular formula is C23H20BrClN2O7S. The summed E-state index contributed by atoms with van der Waals surface area (Å²) in [6, 6.07) is 9.86. The van der Waals surface area contributed by atoms with Crippen LogP contribution in [0.15, 0.2) is 45.8 Å². The van der Waals surface area contributed by atoms with Crippen LogP contribution in [0, 0.1) is 0 Å². The average molecular weight is 584 g/mol. The van der Waals surface area contributed by atoms with Crippen LogP contribution >= 0.6 is 39.3 Å². The molecular weight excluding hydrogens is 564 g/mol. The van der Waals surface area contributed by atoms with E-state index in [1.165, 1.54) is 13.2 Å². The van der Waals surface area contributed by atoms with E-state index in [1.54, 1.807) is 43.3 Å². The lowest BCUT2D eigenvalue weighted by molar-refractivity contribution is -0.145. The molecule has 0 atom stereocenters. The Morgan fingerprint density at radius 3 is 2.66 bits per heavy atom. The average Bonchev–Trinajstić information content (AvgIpc) is 3.07. The Bertz CT molecular complexity index is 1200. The third-order valence-electron chi connectivity index (χ3n) is 4.51. The molecule has 3 amide bonds. The number of esters is 1. The number of ether oxygens (including phenoxy) is 3. The van der Waals surface area contributed by atoms with Crippen molar-refractivity contribution in [1.82, 2.24) is 4.90 Å².